The van der Waals surface area contributed by atoms with Crippen molar-refractivity contribution in [3.63, 3.8) is 0 Å². The van der Waals surface area contributed by atoms with Crippen molar-refractivity contribution in [2.24, 2.45) is 0 Å². The number of hydrogen-bond acceptors (Lipinski definition) is 7. The minimum atomic E-state index is -0.393. The van der Waals surface area contributed by atoms with Crippen LogP contribution in [0, 0.1) is 6.92 Å². The van der Waals surface area contributed by atoms with E-state index in [2.05, 4.69) is 20.6 Å². The maximum absolute atomic E-state index is 12.4. The van der Waals surface area contributed by atoms with Crippen molar-refractivity contribution in [2.75, 3.05) is 17.2 Å². The minimum Gasteiger partial charge on any atom is -0.462 e. The molecule has 2 aromatic heterocycles. The molecular weight excluding hydrogens is 364 g/mol. The van der Waals surface area contributed by atoms with Crippen LogP contribution in [0.4, 0.5) is 16.6 Å². The molecule has 0 atom stereocenters. The highest BCUT2D eigenvalue weighted by molar-refractivity contribution is 7.14. The number of esters is 1. The fourth-order valence-corrected chi connectivity index (χ4v) is 2.95. The summed E-state index contributed by atoms with van der Waals surface area (Å²) in [4.78, 5) is 32.6. The van der Waals surface area contributed by atoms with Gasteiger partial charge in [0.2, 0.25) is 0 Å². The molecule has 3 rings (SSSR count). The summed E-state index contributed by atoms with van der Waals surface area (Å²) < 4.78 is 4.93. The molecule has 0 radical (unpaired) electrons. The summed E-state index contributed by atoms with van der Waals surface area (Å²) in [7, 11) is 0. The first kappa shape index (κ1) is 18.5. The Hall–Kier alpha value is -3.26. The van der Waals surface area contributed by atoms with Gasteiger partial charge in [-0.25, -0.2) is 14.8 Å². The van der Waals surface area contributed by atoms with Gasteiger partial charge in [0.25, 0.3) is 5.91 Å². The van der Waals surface area contributed by atoms with Gasteiger partial charge in [0, 0.05) is 16.8 Å². The van der Waals surface area contributed by atoms with Gasteiger partial charge in [-0.15, -0.1) is 11.3 Å². The molecule has 0 aliphatic rings. The normalized spacial score (nSPS) is 10.3. The van der Waals surface area contributed by atoms with Crippen LogP contribution in [0.25, 0.3) is 0 Å². The van der Waals surface area contributed by atoms with Gasteiger partial charge in [0.15, 0.2) is 5.13 Å². The van der Waals surface area contributed by atoms with Gasteiger partial charge in [-0.05, 0) is 50.2 Å². The van der Waals surface area contributed by atoms with E-state index in [1.165, 1.54) is 11.3 Å². The van der Waals surface area contributed by atoms with E-state index in [1.807, 2.05) is 25.1 Å². The van der Waals surface area contributed by atoms with E-state index in [9.17, 15) is 9.59 Å². The van der Waals surface area contributed by atoms with Crippen molar-refractivity contribution in [2.45, 2.75) is 13.8 Å². The molecule has 8 heteroatoms. The lowest BCUT2D eigenvalue weighted by Gasteiger charge is -2.05. The number of ether oxygens (including phenoxy) is 1. The van der Waals surface area contributed by atoms with E-state index >= 15 is 0 Å². The van der Waals surface area contributed by atoms with Gasteiger partial charge >= 0.3 is 5.97 Å². The number of carbonyl (C=O) groups is 2. The summed E-state index contributed by atoms with van der Waals surface area (Å²) >= 11 is 1.32. The number of aromatic nitrogens is 2. The van der Waals surface area contributed by atoms with Gasteiger partial charge in [-0.1, -0.05) is 6.07 Å². The summed E-state index contributed by atoms with van der Waals surface area (Å²) in [6.07, 6.45) is 0. The highest BCUT2D eigenvalue weighted by Crippen LogP contribution is 2.21. The molecule has 138 valence electrons. The second-order valence-electron chi connectivity index (χ2n) is 5.58. The van der Waals surface area contributed by atoms with Crippen molar-refractivity contribution >= 4 is 39.9 Å². The van der Waals surface area contributed by atoms with Crippen LogP contribution in [0.5, 0.6) is 0 Å². The predicted octanol–water partition coefficient (Wildman–Crippen LogP) is 4.02. The summed E-state index contributed by atoms with van der Waals surface area (Å²) in [5, 5.41) is 8.08. The van der Waals surface area contributed by atoms with Crippen molar-refractivity contribution in [1.29, 1.82) is 0 Å². The Kier molecular flexibility index (Phi) is 5.77. The number of nitrogens with one attached hydrogen (secondary N) is 2. The molecule has 0 bridgehead atoms. The number of thiazole rings is 1. The fourth-order valence-electron chi connectivity index (χ4n) is 2.26. The van der Waals surface area contributed by atoms with Crippen LogP contribution < -0.4 is 10.6 Å². The second-order valence-corrected chi connectivity index (χ2v) is 6.44. The van der Waals surface area contributed by atoms with Crippen molar-refractivity contribution < 1.29 is 14.3 Å². The van der Waals surface area contributed by atoms with Gasteiger partial charge in [0.05, 0.1) is 12.2 Å². The third-order valence-electron chi connectivity index (χ3n) is 3.51. The van der Waals surface area contributed by atoms with Gasteiger partial charge < -0.3 is 15.4 Å². The Morgan fingerprint density at radius 3 is 2.59 bits per heavy atom. The molecule has 7 nitrogen and oxygen atoms in total. The third kappa shape index (κ3) is 4.89. The first-order valence-corrected chi connectivity index (χ1v) is 9.18. The lowest BCUT2D eigenvalue weighted by molar-refractivity contribution is 0.0526. The van der Waals surface area contributed by atoms with Crippen LogP contribution in [-0.4, -0.2) is 28.5 Å². The van der Waals surface area contributed by atoms with E-state index in [4.69, 9.17) is 4.74 Å². The summed E-state index contributed by atoms with van der Waals surface area (Å²) in [6.45, 7) is 3.97. The Balaban J connectivity index is 1.63. The predicted molar refractivity (Wildman–Crippen MR) is 105 cm³/mol. The smallest absolute Gasteiger partial charge is 0.338 e. The lowest BCUT2D eigenvalue weighted by atomic mass is 10.2. The molecule has 2 heterocycles. The topological polar surface area (TPSA) is 93.2 Å². The molecule has 2 N–H and O–H groups in total. The number of rotatable bonds is 6. The summed E-state index contributed by atoms with van der Waals surface area (Å²) in [6, 6.07) is 12.1. The number of anilines is 3. The van der Waals surface area contributed by atoms with E-state index in [-0.39, 0.29) is 5.91 Å². The number of pyridine rings is 1. The SMILES string of the molecule is CCOC(=O)c1ccc(NC(=O)c2csc(Nc3cccc(C)n3)n2)cc1. The van der Waals surface area contributed by atoms with Crippen LogP contribution >= 0.6 is 11.3 Å². The van der Waals surface area contributed by atoms with Crippen LogP contribution in [-0.2, 0) is 4.74 Å². The quantitative estimate of drug-likeness (QED) is 0.626. The number of aryl methyl sites for hydroxylation is 1. The van der Waals surface area contributed by atoms with Crippen molar-refractivity contribution in [3.8, 4) is 0 Å². The Bertz CT molecular complexity index is 954. The molecule has 0 unspecified atom stereocenters. The van der Waals surface area contributed by atoms with E-state index in [1.54, 1.807) is 36.6 Å². The molecule has 1 amide bonds. The monoisotopic (exact) mass is 382 g/mol. The molecular formula is C19H18N4O3S. The molecule has 0 saturated carbocycles. The zero-order chi connectivity index (χ0) is 19.2. The number of hydrogen-bond donors (Lipinski definition) is 2. The lowest BCUT2D eigenvalue weighted by Crippen LogP contribution is -2.12. The van der Waals surface area contributed by atoms with Crippen LogP contribution in [0.2, 0.25) is 0 Å². The van der Waals surface area contributed by atoms with E-state index in [0.717, 1.165) is 5.69 Å². The van der Waals surface area contributed by atoms with E-state index in [0.29, 0.717) is 34.5 Å². The number of amides is 1. The van der Waals surface area contributed by atoms with Gasteiger partial charge in [0.1, 0.15) is 11.5 Å². The Morgan fingerprint density at radius 1 is 1.11 bits per heavy atom. The number of nitrogens with zero attached hydrogens (tertiary/aromatic N) is 2. The highest BCUT2D eigenvalue weighted by atomic mass is 32.1. The zero-order valence-electron chi connectivity index (χ0n) is 14.9. The first-order valence-electron chi connectivity index (χ1n) is 8.30. The van der Waals surface area contributed by atoms with Crippen LogP contribution in [0.15, 0.2) is 47.8 Å². The first-order chi connectivity index (χ1) is 13.0. The van der Waals surface area contributed by atoms with Gasteiger partial charge in [-0.2, -0.15) is 0 Å². The number of carbonyl (C=O) groups excluding carboxylic acids is 2. The zero-order valence-corrected chi connectivity index (χ0v) is 15.7. The van der Waals surface area contributed by atoms with Gasteiger partial charge in [-0.3, -0.25) is 4.79 Å². The molecule has 0 aliphatic carbocycles. The molecule has 0 fully saturated rings. The molecule has 1 aromatic carbocycles. The molecule has 3 aromatic rings. The Labute approximate surface area is 160 Å². The van der Waals surface area contributed by atoms with Crippen LogP contribution in [0.1, 0.15) is 33.5 Å². The molecule has 27 heavy (non-hydrogen) atoms. The average Bonchev–Trinajstić information content (AvgIpc) is 3.11. The fraction of sp³-hybridized carbons (Fsp3) is 0.158. The minimum absolute atomic E-state index is 0.296. The second kappa shape index (κ2) is 8.41. The summed E-state index contributed by atoms with van der Waals surface area (Å²) in [5.41, 5.74) is 2.18. The Morgan fingerprint density at radius 2 is 1.89 bits per heavy atom. The largest absolute Gasteiger partial charge is 0.462 e. The maximum atomic E-state index is 12.4. The molecule has 0 saturated heterocycles. The standard InChI is InChI=1S/C19H18N4O3S/c1-3-26-18(25)13-7-9-14(10-8-13)21-17(24)15-11-27-19(22-15)23-16-6-4-5-12(2)20-16/h4-11H,3H2,1-2H3,(H,21,24)(H,20,22,23). The van der Waals surface area contributed by atoms with Crippen LogP contribution in [0.3, 0.4) is 0 Å². The highest BCUT2D eigenvalue weighted by Gasteiger charge is 2.12. The summed E-state index contributed by atoms with van der Waals surface area (Å²) in [5.74, 6) is -0.0541. The number of benzene rings is 1. The third-order valence-corrected chi connectivity index (χ3v) is 4.27. The molecule has 0 aliphatic heterocycles. The maximum Gasteiger partial charge on any atom is 0.338 e. The van der Waals surface area contributed by atoms with E-state index < -0.39 is 5.97 Å². The van der Waals surface area contributed by atoms with Crippen molar-refractivity contribution in [1.82, 2.24) is 9.97 Å². The van der Waals surface area contributed by atoms with Crippen molar-refractivity contribution in [3.05, 3.63) is 64.8 Å². The molecule has 0 spiro atoms. The average molecular weight is 382 g/mol.